The molecule has 0 amide bonds. The number of methoxy groups -OCH3 is 2. The fourth-order valence-corrected chi connectivity index (χ4v) is 4.01. The van der Waals surface area contributed by atoms with Gasteiger partial charge in [0.2, 0.25) is 0 Å². The monoisotopic (exact) mass is 311 g/mol. The van der Waals surface area contributed by atoms with E-state index in [2.05, 4.69) is 10.6 Å². The van der Waals surface area contributed by atoms with Gasteiger partial charge < -0.3 is 14.0 Å². The Morgan fingerprint density at radius 2 is 1.87 bits per heavy atom. The number of fused-ring (bicyclic) bond motifs is 3. The van der Waals surface area contributed by atoms with Gasteiger partial charge in [-0.2, -0.15) is 0 Å². The van der Waals surface area contributed by atoms with Crippen molar-refractivity contribution in [3.05, 3.63) is 41.1 Å². The summed E-state index contributed by atoms with van der Waals surface area (Å²) in [4.78, 5) is 24.7. The molecule has 0 radical (unpaired) electrons. The first-order valence-corrected chi connectivity index (χ1v) is 7.68. The molecule has 0 N–H and O–H groups in total. The van der Waals surface area contributed by atoms with Crippen LogP contribution in [0.15, 0.2) is 29.8 Å². The zero-order valence-corrected chi connectivity index (χ0v) is 13.1. The van der Waals surface area contributed by atoms with Crippen molar-refractivity contribution in [2.75, 3.05) is 14.2 Å². The van der Waals surface area contributed by atoms with E-state index in [9.17, 15) is 9.59 Å². The molecule has 1 aromatic heterocycles. The van der Waals surface area contributed by atoms with E-state index in [1.54, 1.807) is 0 Å². The number of hydrogen-bond donors (Lipinski definition) is 0. The number of aryl methyl sites for hydroxylation is 1. The molecule has 1 aliphatic carbocycles. The molecule has 5 heteroatoms. The Kier molecular flexibility index (Phi) is 3.04. The average molecular weight is 311 g/mol. The third kappa shape index (κ3) is 1.79. The van der Waals surface area contributed by atoms with E-state index in [1.807, 2.05) is 18.2 Å². The van der Waals surface area contributed by atoms with E-state index in [-0.39, 0.29) is 5.92 Å². The smallest absolute Gasteiger partial charge is 0.339 e. The highest BCUT2D eigenvalue weighted by Gasteiger charge is 2.40. The lowest BCUT2D eigenvalue weighted by Crippen LogP contribution is -2.20. The number of benzene rings is 1. The molecule has 23 heavy (non-hydrogen) atoms. The molecule has 4 rings (SSSR count). The molecule has 0 spiro atoms. The summed E-state index contributed by atoms with van der Waals surface area (Å²) in [6.45, 7) is 0.906. The normalized spacial score (nSPS) is 19.0. The summed E-state index contributed by atoms with van der Waals surface area (Å²) in [5.74, 6) is -0.672. The third-order valence-corrected chi connectivity index (χ3v) is 4.92. The maximum atomic E-state index is 12.4. The van der Waals surface area contributed by atoms with Crippen molar-refractivity contribution in [1.29, 1.82) is 0 Å². The summed E-state index contributed by atoms with van der Waals surface area (Å²) < 4.78 is 12.2. The molecule has 0 saturated heterocycles. The molecule has 2 aliphatic rings. The van der Waals surface area contributed by atoms with Crippen molar-refractivity contribution in [3.8, 4) is 0 Å². The van der Waals surface area contributed by atoms with Gasteiger partial charge in [-0.05, 0) is 18.9 Å². The van der Waals surface area contributed by atoms with Crippen LogP contribution in [0.3, 0.4) is 0 Å². The highest BCUT2D eigenvalue weighted by Crippen LogP contribution is 2.49. The molecule has 1 aromatic carbocycles. The van der Waals surface area contributed by atoms with Gasteiger partial charge in [-0.25, -0.2) is 9.59 Å². The van der Waals surface area contributed by atoms with Crippen LogP contribution >= 0.6 is 0 Å². The number of ether oxygens (including phenoxy) is 2. The summed E-state index contributed by atoms with van der Waals surface area (Å²) in [5, 5.41) is 0.994. The fraction of sp³-hybridized carbons (Fsp3) is 0.333. The molecule has 1 aliphatic heterocycles. The fourth-order valence-electron chi connectivity index (χ4n) is 4.01. The van der Waals surface area contributed by atoms with E-state index in [4.69, 9.17) is 9.47 Å². The van der Waals surface area contributed by atoms with Crippen LogP contribution in [0.5, 0.6) is 0 Å². The van der Waals surface area contributed by atoms with Crippen LogP contribution in [0.4, 0.5) is 0 Å². The van der Waals surface area contributed by atoms with E-state index >= 15 is 0 Å². The standard InChI is InChI=1S/C18H17NO4/c1-22-17(20)12-9-10-7-8-19-13-6-4-3-5-11(13)14(16(10)19)15(12)18(21)23-2/h3-6,10H,7-9H2,1-2H3. The van der Waals surface area contributed by atoms with Crippen molar-refractivity contribution in [1.82, 2.24) is 4.57 Å². The SMILES string of the molecule is COC(=O)C1=C(C(=O)OC)c2c3n(c4ccccc24)CCC3C1. The first-order chi connectivity index (χ1) is 11.2. The molecule has 0 saturated carbocycles. The minimum atomic E-state index is -0.477. The van der Waals surface area contributed by atoms with Crippen molar-refractivity contribution < 1.29 is 19.1 Å². The first-order valence-electron chi connectivity index (χ1n) is 7.68. The Morgan fingerprint density at radius 3 is 2.61 bits per heavy atom. The molecule has 0 fully saturated rings. The van der Waals surface area contributed by atoms with Crippen LogP contribution < -0.4 is 0 Å². The van der Waals surface area contributed by atoms with Crippen LogP contribution in [0, 0.1) is 0 Å². The Hall–Kier alpha value is -2.56. The molecule has 2 aromatic rings. The van der Waals surface area contributed by atoms with Gasteiger partial charge in [-0.3, -0.25) is 0 Å². The topological polar surface area (TPSA) is 57.5 Å². The van der Waals surface area contributed by atoms with Crippen LogP contribution in [-0.4, -0.2) is 30.7 Å². The predicted molar refractivity (Wildman–Crippen MR) is 84.9 cm³/mol. The Balaban J connectivity index is 2.10. The van der Waals surface area contributed by atoms with Crippen molar-refractivity contribution >= 4 is 28.4 Å². The summed E-state index contributed by atoms with van der Waals surface area (Å²) >= 11 is 0. The van der Waals surface area contributed by atoms with Crippen molar-refractivity contribution in [2.45, 2.75) is 25.3 Å². The van der Waals surface area contributed by atoms with E-state index in [0.29, 0.717) is 17.6 Å². The molecule has 5 nitrogen and oxygen atoms in total. The minimum Gasteiger partial charge on any atom is -0.466 e. The maximum Gasteiger partial charge on any atom is 0.339 e. The summed E-state index contributed by atoms with van der Waals surface area (Å²) in [7, 11) is 2.69. The van der Waals surface area contributed by atoms with E-state index in [1.165, 1.54) is 14.2 Å². The second-order valence-electron chi connectivity index (χ2n) is 5.96. The quantitative estimate of drug-likeness (QED) is 0.800. The Bertz CT molecular complexity index is 875. The largest absolute Gasteiger partial charge is 0.466 e. The second kappa shape index (κ2) is 4.98. The molecule has 1 atom stereocenters. The molecule has 2 heterocycles. The van der Waals surface area contributed by atoms with Gasteiger partial charge in [0.05, 0.1) is 25.4 Å². The number of carbonyl (C=O) groups excluding carboxylic acids is 2. The second-order valence-corrected chi connectivity index (χ2v) is 5.96. The number of para-hydroxylation sites is 1. The zero-order chi connectivity index (χ0) is 16.1. The number of aromatic nitrogens is 1. The van der Waals surface area contributed by atoms with Crippen LogP contribution in [0.2, 0.25) is 0 Å². The summed E-state index contributed by atoms with van der Waals surface area (Å²) in [6, 6.07) is 8.00. The molecule has 1 unspecified atom stereocenters. The van der Waals surface area contributed by atoms with Gasteiger partial charge in [-0.15, -0.1) is 0 Å². The molecule has 118 valence electrons. The van der Waals surface area contributed by atoms with Gasteiger partial charge in [0.15, 0.2) is 0 Å². The lowest BCUT2D eigenvalue weighted by atomic mass is 9.81. The molecule has 0 bridgehead atoms. The number of carbonyl (C=O) groups is 2. The zero-order valence-electron chi connectivity index (χ0n) is 13.1. The van der Waals surface area contributed by atoms with Crippen LogP contribution in [-0.2, 0) is 25.6 Å². The van der Waals surface area contributed by atoms with Gasteiger partial charge in [0.25, 0.3) is 0 Å². The Labute approximate surface area is 133 Å². The average Bonchev–Trinajstić information content (AvgIpc) is 3.16. The van der Waals surface area contributed by atoms with Gasteiger partial charge in [0.1, 0.15) is 0 Å². The van der Waals surface area contributed by atoms with E-state index in [0.717, 1.165) is 35.1 Å². The summed E-state index contributed by atoms with van der Waals surface area (Å²) in [6.07, 6.45) is 1.50. The maximum absolute atomic E-state index is 12.4. The van der Waals surface area contributed by atoms with Crippen molar-refractivity contribution in [2.24, 2.45) is 0 Å². The van der Waals surface area contributed by atoms with Crippen LogP contribution in [0.25, 0.3) is 16.5 Å². The minimum absolute atomic E-state index is 0.250. The van der Waals surface area contributed by atoms with Crippen LogP contribution in [0.1, 0.15) is 30.0 Å². The lowest BCUT2D eigenvalue weighted by molar-refractivity contribution is -0.138. The predicted octanol–water partition coefficient (Wildman–Crippen LogP) is 2.63. The first kappa shape index (κ1) is 14.1. The lowest BCUT2D eigenvalue weighted by Gasteiger charge is -2.23. The number of esters is 2. The van der Waals surface area contributed by atoms with E-state index < -0.39 is 11.9 Å². The summed E-state index contributed by atoms with van der Waals surface area (Å²) in [5.41, 5.74) is 3.90. The highest BCUT2D eigenvalue weighted by atomic mass is 16.5. The van der Waals surface area contributed by atoms with Gasteiger partial charge >= 0.3 is 11.9 Å². The Morgan fingerprint density at radius 1 is 1.13 bits per heavy atom. The number of hydrogen-bond acceptors (Lipinski definition) is 4. The van der Waals surface area contributed by atoms with Gasteiger partial charge in [0, 0.05) is 34.6 Å². The molecular formula is C18H17NO4. The molecular weight excluding hydrogens is 294 g/mol. The third-order valence-electron chi connectivity index (χ3n) is 4.92. The number of rotatable bonds is 2. The van der Waals surface area contributed by atoms with Crippen molar-refractivity contribution in [3.63, 3.8) is 0 Å². The number of nitrogens with zero attached hydrogens (tertiary/aromatic N) is 1. The highest BCUT2D eigenvalue weighted by molar-refractivity contribution is 6.26. The van der Waals surface area contributed by atoms with Gasteiger partial charge in [-0.1, -0.05) is 18.2 Å².